The SMILES string of the molecule is Cc1cc(C(=O)Nc2c(C)cccc2C)nc(Nc2ccccc2)n1. The second-order valence-corrected chi connectivity index (χ2v) is 5.93. The second kappa shape index (κ2) is 7.13. The summed E-state index contributed by atoms with van der Waals surface area (Å²) in [5, 5.41) is 6.08. The van der Waals surface area contributed by atoms with Crippen LogP contribution in [0.4, 0.5) is 17.3 Å². The Labute approximate surface area is 147 Å². The molecule has 3 aromatic rings. The van der Waals surface area contributed by atoms with E-state index < -0.39 is 0 Å². The molecule has 0 aliphatic rings. The van der Waals surface area contributed by atoms with Gasteiger partial charge in [-0.1, -0.05) is 36.4 Å². The normalized spacial score (nSPS) is 10.4. The van der Waals surface area contributed by atoms with E-state index in [1.165, 1.54) is 0 Å². The Morgan fingerprint density at radius 3 is 2.24 bits per heavy atom. The highest BCUT2D eigenvalue weighted by molar-refractivity contribution is 6.04. The van der Waals surface area contributed by atoms with Crippen LogP contribution in [-0.4, -0.2) is 15.9 Å². The first-order valence-electron chi connectivity index (χ1n) is 8.08. The lowest BCUT2D eigenvalue weighted by molar-refractivity contribution is 0.102. The Bertz CT molecular complexity index is 887. The summed E-state index contributed by atoms with van der Waals surface area (Å²) in [6, 6.07) is 17.2. The van der Waals surface area contributed by atoms with Crippen LogP contribution in [0.2, 0.25) is 0 Å². The van der Waals surface area contributed by atoms with E-state index in [9.17, 15) is 4.79 Å². The molecule has 1 aromatic heterocycles. The molecule has 5 nitrogen and oxygen atoms in total. The average Bonchev–Trinajstić information content (AvgIpc) is 2.58. The van der Waals surface area contributed by atoms with Crippen LogP contribution in [0.1, 0.15) is 27.3 Å². The first kappa shape index (κ1) is 16.6. The van der Waals surface area contributed by atoms with Gasteiger partial charge in [-0.05, 0) is 50.1 Å². The van der Waals surface area contributed by atoms with Gasteiger partial charge in [0.2, 0.25) is 5.95 Å². The van der Waals surface area contributed by atoms with Crippen molar-refractivity contribution in [1.29, 1.82) is 0 Å². The molecule has 0 saturated heterocycles. The highest BCUT2D eigenvalue weighted by Gasteiger charge is 2.13. The van der Waals surface area contributed by atoms with Crippen LogP contribution in [0.25, 0.3) is 0 Å². The fraction of sp³-hybridized carbons (Fsp3) is 0.150. The molecule has 126 valence electrons. The third kappa shape index (κ3) is 4.01. The summed E-state index contributed by atoms with van der Waals surface area (Å²) in [7, 11) is 0. The molecule has 0 aliphatic heterocycles. The van der Waals surface area contributed by atoms with E-state index in [2.05, 4.69) is 20.6 Å². The van der Waals surface area contributed by atoms with Gasteiger partial charge in [0.25, 0.3) is 5.91 Å². The maximum Gasteiger partial charge on any atom is 0.274 e. The third-order valence-electron chi connectivity index (χ3n) is 3.84. The fourth-order valence-corrected chi connectivity index (χ4v) is 2.58. The minimum Gasteiger partial charge on any atom is -0.324 e. The van der Waals surface area contributed by atoms with Gasteiger partial charge < -0.3 is 10.6 Å². The molecule has 2 N–H and O–H groups in total. The van der Waals surface area contributed by atoms with Crippen molar-refractivity contribution in [3.05, 3.63) is 77.1 Å². The second-order valence-electron chi connectivity index (χ2n) is 5.93. The van der Waals surface area contributed by atoms with Gasteiger partial charge in [-0.2, -0.15) is 0 Å². The molecule has 0 atom stereocenters. The van der Waals surface area contributed by atoms with E-state index in [0.29, 0.717) is 11.6 Å². The van der Waals surface area contributed by atoms with Crippen LogP contribution < -0.4 is 10.6 Å². The molecule has 0 bridgehead atoms. The molecule has 5 heteroatoms. The molecule has 2 aromatic carbocycles. The van der Waals surface area contributed by atoms with Crippen LogP contribution in [0, 0.1) is 20.8 Å². The number of nitrogens with zero attached hydrogens (tertiary/aromatic N) is 2. The van der Waals surface area contributed by atoms with E-state index >= 15 is 0 Å². The van der Waals surface area contributed by atoms with Crippen molar-refractivity contribution in [2.45, 2.75) is 20.8 Å². The molecule has 0 radical (unpaired) electrons. The number of benzene rings is 2. The molecular formula is C20H20N4O. The van der Waals surface area contributed by atoms with Crippen LogP contribution in [0.3, 0.4) is 0 Å². The lowest BCUT2D eigenvalue weighted by Gasteiger charge is -2.12. The van der Waals surface area contributed by atoms with Gasteiger partial charge in [0.15, 0.2) is 0 Å². The zero-order chi connectivity index (χ0) is 17.8. The summed E-state index contributed by atoms with van der Waals surface area (Å²) in [5.41, 5.74) is 4.77. The molecule has 1 amide bonds. The van der Waals surface area contributed by atoms with Crippen molar-refractivity contribution in [3.8, 4) is 0 Å². The van der Waals surface area contributed by atoms with Crippen LogP contribution in [0.15, 0.2) is 54.6 Å². The molecular weight excluding hydrogens is 312 g/mol. The van der Waals surface area contributed by atoms with E-state index in [1.807, 2.05) is 69.3 Å². The molecule has 0 aliphatic carbocycles. The smallest absolute Gasteiger partial charge is 0.274 e. The Kier molecular flexibility index (Phi) is 4.75. The predicted molar refractivity (Wildman–Crippen MR) is 100 cm³/mol. The molecule has 0 saturated carbocycles. The third-order valence-corrected chi connectivity index (χ3v) is 3.84. The predicted octanol–water partition coefficient (Wildman–Crippen LogP) is 4.40. The number of hydrogen-bond acceptors (Lipinski definition) is 4. The van der Waals surface area contributed by atoms with Gasteiger partial charge in [0.05, 0.1) is 0 Å². The van der Waals surface area contributed by atoms with Gasteiger partial charge in [0.1, 0.15) is 5.69 Å². The Balaban J connectivity index is 1.85. The van der Waals surface area contributed by atoms with Crippen LogP contribution in [0.5, 0.6) is 0 Å². The van der Waals surface area contributed by atoms with Crippen molar-refractivity contribution < 1.29 is 4.79 Å². The monoisotopic (exact) mass is 332 g/mol. The average molecular weight is 332 g/mol. The number of carbonyl (C=O) groups excluding carboxylic acids is 1. The highest BCUT2D eigenvalue weighted by Crippen LogP contribution is 2.20. The van der Waals surface area contributed by atoms with Gasteiger partial charge in [-0.15, -0.1) is 0 Å². The highest BCUT2D eigenvalue weighted by atomic mass is 16.1. The molecule has 0 fully saturated rings. The number of nitrogens with one attached hydrogen (secondary N) is 2. The summed E-state index contributed by atoms with van der Waals surface area (Å²) >= 11 is 0. The first-order chi connectivity index (χ1) is 12.0. The number of aryl methyl sites for hydroxylation is 3. The largest absolute Gasteiger partial charge is 0.324 e. The Morgan fingerprint density at radius 1 is 0.880 bits per heavy atom. The molecule has 0 spiro atoms. The van der Waals surface area contributed by atoms with Gasteiger partial charge in [-0.25, -0.2) is 9.97 Å². The zero-order valence-corrected chi connectivity index (χ0v) is 14.5. The molecule has 25 heavy (non-hydrogen) atoms. The van der Waals surface area contributed by atoms with E-state index in [1.54, 1.807) is 6.07 Å². The van der Waals surface area contributed by atoms with E-state index in [-0.39, 0.29) is 5.91 Å². The standard InChI is InChI=1S/C20H20N4O/c1-13-8-7-9-14(2)18(13)24-19(25)17-12-15(3)21-20(23-17)22-16-10-5-4-6-11-16/h4-12H,1-3H3,(H,24,25)(H,21,22,23). The number of hydrogen-bond donors (Lipinski definition) is 2. The number of carbonyl (C=O) groups is 1. The minimum absolute atomic E-state index is 0.251. The topological polar surface area (TPSA) is 66.9 Å². The van der Waals surface area contributed by atoms with Gasteiger partial charge >= 0.3 is 0 Å². The Hall–Kier alpha value is -3.21. The number of anilines is 3. The van der Waals surface area contributed by atoms with Crippen molar-refractivity contribution in [1.82, 2.24) is 9.97 Å². The zero-order valence-electron chi connectivity index (χ0n) is 14.5. The maximum atomic E-state index is 12.6. The lowest BCUT2D eigenvalue weighted by Crippen LogP contribution is -2.16. The van der Waals surface area contributed by atoms with Crippen LogP contribution in [-0.2, 0) is 0 Å². The first-order valence-corrected chi connectivity index (χ1v) is 8.08. The lowest BCUT2D eigenvalue weighted by atomic mass is 10.1. The molecule has 1 heterocycles. The maximum absolute atomic E-state index is 12.6. The summed E-state index contributed by atoms with van der Waals surface area (Å²) in [6.07, 6.45) is 0. The van der Waals surface area contributed by atoms with Crippen LogP contribution >= 0.6 is 0 Å². The number of amides is 1. The minimum atomic E-state index is -0.251. The molecule has 0 unspecified atom stereocenters. The van der Waals surface area contributed by atoms with Crippen molar-refractivity contribution in [2.24, 2.45) is 0 Å². The number of para-hydroxylation sites is 2. The van der Waals surface area contributed by atoms with Crippen molar-refractivity contribution >= 4 is 23.2 Å². The number of aromatic nitrogens is 2. The fourth-order valence-electron chi connectivity index (χ4n) is 2.58. The van der Waals surface area contributed by atoms with E-state index in [0.717, 1.165) is 28.2 Å². The van der Waals surface area contributed by atoms with Crippen molar-refractivity contribution in [2.75, 3.05) is 10.6 Å². The molecule has 3 rings (SSSR count). The Morgan fingerprint density at radius 2 is 1.56 bits per heavy atom. The summed E-state index contributed by atoms with van der Waals surface area (Å²) in [5.74, 6) is 0.150. The van der Waals surface area contributed by atoms with E-state index in [4.69, 9.17) is 0 Å². The van der Waals surface area contributed by atoms with Crippen molar-refractivity contribution in [3.63, 3.8) is 0 Å². The number of rotatable bonds is 4. The quantitative estimate of drug-likeness (QED) is 0.743. The van der Waals surface area contributed by atoms with Gasteiger partial charge in [0, 0.05) is 17.1 Å². The summed E-state index contributed by atoms with van der Waals surface area (Å²) in [6.45, 7) is 5.78. The van der Waals surface area contributed by atoms with Gasteiger partial charge in [-0.3, -0.25) is 4.79 Å². The summed E-state index contributed by atoms with van der Waals surface area (Å²) < 4.78 is 0. The summed E-state index contributed by atoms with van der Waals surface area (Å²) in [4.78, 5) is 21.3.